The Morgan fingerprint density at radius 2 is 1.77 bits per heavy atom. The van der Waals surface area contributed by atoms with Gasteiger partial charge in [-0.15, -0.1) is 11.3 Å². The number of hydrogen-bond acceptors (Lipinski definition) is 5. The summed E-state index contributed by atoms with van der Waals surface area (Å²) in [6.07, 6.45) is 1.64. The van der Waals surface area contributed by atoms with Crippen LogP contribution in [0.3, 0.4) is 0 Å². The van der Waals surface area contributed by atoms with Crippen molar-refractivity contribution in [1.29, 1.82) is 10.5 Å². The van der Waals surface area contributed by atoms with Gasteiger partial charge in [0, 0.05) is 6.08 Å². The first kappa shape index (κ1) is 17.5. The van der Waals surface area contributed by atoms with Gasteiger partial charge in [0.1, 0.15) is 28.3 Å². The quantitative estimate of drug-likeness (QED) is 0.702. The molecule has 0 saturated carbocycles. The predicted octanol–water partition coefficient (Wildman–Crippen LogP) is 2.44. The third kappa shape index (κ3) is 2.99. The van der Waals surface area contributed by atoms with Gasteiger partial charge < -0.3 is 4.42 Å². The molecule has 0 N–H and O–H groups in total. The van der Waals surface area contributed by atoms with E-state index < -0.39 is 0 Å². The fraction of sp³-hybridized carbons (Fsp3) is 0.150. The van der Waals surface area contributed by atoms with Crippen LogP contribution in [0.2, 0.25) is 0 Å². The number of benzene rings is 1. The van der Waals surface area contributed by atoms with Crippen molar-refractivity contribution in [2.75, 3.05) is 0 Å². The van der Waals surface area contributed by atoms with Crippen molar-refractivity contribution < 1.29 is 4.42 Å². The third-order valence-corrected chi connectivity index (χ3v) is 5.05. The van der Waals surface area contributed by atoms with Gasteiger partial charge in [0.2, 0.25) is 0 Å². The van der Waals surface area contributed by atoms with Crippen molar-refractivity contribution in [2.24, 2.45) is 0 Å². The summed E-state index contributed by atoms with van der Waals surface area (Å²) < 4.78 is 7.71. The van der Waals surface area contributed by atoms with Gasteiger partial charge in [-0.05, 0) is 44.0 Å². The van der Waals surface area contributed by atoms with Gasteiger partial charge in [-0.2, -0.15) is 10.5 Å². The van der Waals surface area contributed by atoms with E-state index in [4.69, 9.17) is 4.42 Å². The second-order valence-corrected chi connectivity index (χ2v) is 6.87. The number of thiazole rings is 1. The van der Waals surface area contributed by atoms with Crippen molar-refractivity contribution in [1.82, 2.24) is 4.57 Å². The lowest BCUT2D eigenvalue weighted by Crippen LogP contribution is -2.31. The van der Waals surface area contributed by atoms with Crippen molar-refractivity contribution >= 4 is 23.0 Å². The smallest absolute Gasteiger partial charge is 0.273 e. The average Bonchev–Trinajstić information content (AvgIpc) is 3.14. The number of aryl methyl sites for hydroxylation is 3. The summed E-state index contributed by atoms with van der Waals surface area (Å²) in [5, 5.41) is 18.7. The van der Waals surface area contributed by atoms with Gasteiger partial charge in [0.05, 0.1) is 10.2 Å². The molecule has 1 aromatic carbocycles. The van der Waals surface area contributed by atoms with Crippen LogP contribution in [0.5, 0.6) is 0 Å². The minimum atomic E-state index is -0.278. The topological polar surface area (TPSA) is 82.7 Å². The van der Waals surface area contributed by atoms with Gasteiger partial charge in [0.15, 0.2) is 5.57 Å². The molecular weight excluding hydrogens is 346 g/mol. The Hall–Kier alpha value is -3.35. The average molecular weight is 361 g/mol. The van der Waals surface area contributed by atoms with Crippen molar-refractivity contribution in [2.45, 2.75) is 20.8 Å². The second kappa shape index (κ2) is 6.87. The van der Waals surface area contributed by atoms with Crippen LogP contribution in [0.4, 0.5) is 0 Å². The van der Waals surface area contributed by atoms with E-state index in [1.165, 1.54) is 4.57 Å². The van der Waals surface area contributed by atoms with E-state index >= 15 is 0 Å². The van der Waals surface area contributed by atoms with E-state index in [1.54, 1.807) is 12.1 Å². The van der Waals surface area contributed by atoms with Crippen molar-refractivity contribution in [3.05, 3.63) is 72.5 Å². The molecule has 2 heterocycles. The molecule has 0 fully saturated rings. The molecule has 5 nitrogen and oxygen atoms in total. The van der Waals surface area contributed by atoms with E-state index in [9.17, 15) is 15.3 Å². The van der Waals surface area contributed by atoms with Gasteiger partial charge in [-0.25, -0.2) is 0 Å². The van der Waals surface area contributed by atoms with Crippen molar-refractivity contribution in [3.8, 4) is 17.8 Å². The lowest BCUT2D eigenvalue weighted by Gasteiger charge is -2.10. The van der Waals surface area contributed by atoms with Crippen LogP contribution < -0.4 is 14.8 Å². The number of furan rings is 1. The zero-order valence-corrected chi connectivity index (χ0v) is 15.3. The van der Waals surface area contributed by atoms with Crippen LogP contribution in [-0.4, -0.2) is 4.57 Å². The largest absolute Gasteiger partial charge is 0.462 e. The van der Waals surface area contributed by atoms with Crippen LogP contribution in [0.25, 0.3) is 17.3 Å². The summed E-state index contributed by atoms with van der Waals surface area (Å²) in [5.74, 6) is 1.29. The Balaban J connectivity index is 2.48. The fourth-order valence-corrected chi connectivity index (χ4v) is 3.81. The molecule has 0 spiro atoms. The zero-order valence-electron chi connectivity index (χ0n) is 14.5. The summed E-state index contributed by atoms with van der Waals surface area (Å²) in [4.78, 5) is 13.1. The molecule has 0 aliphatic heterocycles. The second-order valence-electron chi connectivity index (χ2n) is 5.84. The van der Waals surface area contributed by atoms with Crippen LogP contribution >= 0.6 is 11.3 Å². The maximum Gasteiger partial charge on any atom is 0.273 e. The van der Waals surface area contributed by atoms with E-state index in [1.807, 2.05) is 57.2 Å². The number of hydrogen-bond donors (Lipinski definition) is 0. The molecule has 0 amide bonds. The van der Waals surface area contributed by atoms with Crippen LogP contribution in [-0.2, 0) is 0 Å². The lowest BCUT2D eigenvalue weighted by molar-refractivity contribution is 0.525. The Morgan fingerprint density at radius 3 is 2.31 bits per heavy atom. The molecule has 3 aromatic rings. The molecule has 0 saturated heterocycles. The summed E-state index contributed by atoms with van der Waals surface area (Å²) in [6.45, 7) is 5.62. The van der Waals surface area contributed by atoms with E-state index in [0.29, 0.717) is 20.6 Å². The highest BCUT2D eigenvalue weighted by Crippen LogP contribution is 2.16. The lowest BCUT2D eigenvalue weighted by atomic mass is 10.1. The molecule has 0 atom stereocenters. The number of rotatable bonds is 2. The molecule has 26 heavy (non-hydrogen) atoms. The van der Waals surface area contributed by atoms with Crippen LogP contribution in [0.1, 0.15) is 22.6 Å². The van der Waals surface area contributed by atoms with Crippen LogP contribution in [0, 0.1) is 43.4 Å². The van der Waals surface area contributed by atoms with Gasteiger partial charge in [0.25, 0.3) is 5.56 Å². The minimum Gasteiger partial charge on any atom is -0.462 e. The van der Waals surface area contributed by atoms with E-state index in [0.717, 1.165) is 28.2 Å². The Labute approximate surface area is 154 Å². The summed E-state index contributed by atoms with van der Waals surface area (Å²) >= 11 is 1.11. The maximum absolute atomic E-state index is 13.1. The summed E-state index contributed by atoms with van der Waals surface area (Å²) in [7, 11) is 0. The molecule has 6 heteroatoms. The third-order valence-electron chi connectivity index (χ3n) is 3.96. The number of aromatic nitrogens is 1. The number of nitriles is 2. The summed E-state index contributed by atoms with van der Waals surface area (Å²) in [5.41, 5.74) is 2.11. The van der Waals surface area contributed by atoms with Gasteiger partial charge >= 0.3 is 0 Å². The fourth-order valence-electron chi connectivity index (χ4n) is 2.79. The highest BCUT2D eigenvalue weighted by Gasteiger charge is 2.15. The Morgan fingerprint density at radius 1 is 1.12 bits per heavy atom. The summed E-state index contributed by atoms with van der Waals surface area (Å²) in [6, 6.07) is 13.1. The molecule has 3 rings (SSSR count). The molecular formula is C20H15N3O2S. The molecule has 128 valence electrons. The predicted molar refractivity (Wildman–Crippen MR) is 100 cm³/mol. The number of para-hydroxylation sites is 1. The molecule has 0 aliphatic carbocycles. The normalized spacial score (nSPS) is 11.2. The van der Waals surface area contributed by atoms with E-state index in [2.05, 4.69) is 0 Å². The monoisotopic (exact) mass is 361 g/mol. The first-order chi connectivity index (χ1) is 12.5. The van der Waals surface area contributed by atoms with Gasteiger partial charge in [-0.1, -0.05) is 18.2 Å². The minimum absolute atomic E-state index is 0.0926. The van der Waals surface area contributed by atoms with E-state index in [-0.39, 0.29) is 11.1 Å². The highest BCUT2D eigenvalue weighted by atomic mass is 32.1. The molecule has 0 bridgehead atoms. The molecule has 0 unspecified atom stereocenters. The standard InChI is InChI=1S/C20H15N3O2S/c1-12-5-4-6-13(2)18(12)23-19(24)17(9-16-8-7-14(3)25-16)26-20(23)15(10-21)11-22/h4-9H,1-3H3/b17-9-. The Bertz CT molecular complexity index is 1220. The first-order valence-electron chi connectivity index (χ1n) is 7.87. The molecule has 0 aliphatic rings. The highest BCUT2D eigenvalue weighted by molar-refractivity contribution is 7.07. The van der Waals surface area contributed by atoms with Crippen molar-refractivity contribution in [3.63, 3.8) is 0 Å². The molecule has 0 radical (unpaired) electrons. The van der Waals surface area contributed by atoms with Gasteiger partial charge in [-0.3, -0.25) is 9.36 Å². The zero-order chi connectivity index (χ0) is 18.8. The SMILES string of the molecule is Cc1ccc(/C=c2\sc(=C(C#N)C#N)n(-c3c(C)cccc3C)c2=O)o1. The maximum atomic E-state index is 13.1. The van der Waals surface area contributed by atoms with Crippen LogP contribution in [0.15, 0.2) is 39.5 Å². The first-order valence-corrected chi connectivity index (χ1v) is 8.69. The number of nitrogens with zero attached hydrogens (tertiary/aromatic N) is 3. The Kier molecular flexibility index (Phi) is 4.62. The molecule has 2 aromatic heterocycles.